The van der Waals surface area contributed by atoms with Crippen molar-refractivity contribution < 1.29 is 35.9 Å². The van der Waals surface area contributed by atoms with Crippen LogP contribution in [0.1, 0.15) is 5.56 Å². The summed E-state index contributed by atoms with van der Waals surface area (Å²) in [7, 11) is 0. The monoisotopic (exact) mass is 413 g/mol. The van der Waals surface area contributed by atoms with E-state index in [0.717, 1.165) is 12.1 Å². The van der Waals surface area contributed by atoms with Crippen molar-refractivity contribution in [3.05, 3.63) is 51.8 Å². The molecule has 0 bridgehead atoms. The lowest BCUT2D eigenvalue weighted by Gasteiger charge is -2.13. The van der Waals surface area contributed by atoms with E-state index in [1.807, 2.05) is 5.32 Å². The molecule has 0 spiro atoms. The Hall–Kier alpha value is -2.23. The third kappa shape index (κ3) is 3.81. The molecule has 3 nitrogen and oxygen atoms in total. The van der Waals surface area contributed by atoms with Gasteiger partial charge >= 0.3 is 6.18 Å². The molecule has 24 heavy (non-hydrogen) atoms. The molecule has 0 aliphatic rings. The zero-order valence-corrected chi connectivity index (χ0v) is 12.9. The van der Waals surface area contributed by atoms with E-state index >= 15 is 0 Å². The summed E-state index contributed by atoms with van der Waals surface area (Å²) >= 11 is 2.88. The van der Waals surface area contributed by atoms with Crippen molar-refractivity contribution in [3.8, 4) is 11.5 Å². The van der Waals surface area contributed by atoms with Gasteiger partial charge < -0.3 is 10.1 Å². The quantitative estimate of drug-likeness (QED) is 0.549. The first-order chi connectivity index (χ1) is 11.1. The van der Waals surface area contributed by atoms with E-state index in [9.17, 15) is 31.1 Å². The van der Waals surface area contributed by atoms with E-state index in [-0.39, 0.29) is 34.5 Å². The molecule has 1 amide bonds. The Balaban J connectivity index is 2.45. The molecule has 2 rings (SSSR count). The minimum absolute atomic E-state index is 0.0699. The molecule has 0 aromatic heterocycles. The lowest BCUT2D eigenvalue weighted by Crippen LogP contribution is -2.07. The topological polar surface area (TPSA) is 38.3 Å². The van der Waals surface area contributed by atoms with Gasteiger partial charge in [0.1, 0.15) is 11.6 Å². The Kier molecular flexibility index (Phi) is 5.07. The molecule has 2 aromatic carbocycles. The molecule has 0 unspecified atom stereocenters. The predicted molar refractivity (Wildman–Crippen MR) is 75.2 cm³/mol. The van der Waals surface area contributed by atoms with Gasteiger partial charge in [-0.05, 0) is 34.1 Å². The maximum atomic E-state index is 13.8. The van der Waals surface area contributed by atoms with Gasteiger partial charge in [0.2, 0.25) is 6.41 Å². The van der Waals surface area contributed by atoms with Crippen LogP contribution in [0, 0.1) is 17.5 Å². The zero-order chi connectivity index (χ0) is 18.1. The van der Waals surface area contributed by atoms with E-state index in [0.29, 0.717) is 0 Å². The number of hydrogen-bond acceptors (Lipinski definition) is 2. The SMILES string of the molecule is O=CNc1cc(Oc2c(F)cc(C(F)(F)F)cc2F)c(Br)cc1F. The molecule has 0 atom stereocenters. The number of amides is 1. The van der Waals surface area contributed by atoms with E-state index in [2.05, 4.69) is 15.9 Å². The summed E-state index contributed by atoms with van der Waals surface area (Å²) in [5.41, 5.74) is -1.87. The van der Waals surface area contributed by atoms with Gasteiger partial charge in [-0.2, -0.15) is 13.2 Å². The third-order valence-electron chi connectivity index (χ3n) is 2.77. The number of rotatable bonds is 4. The molecule has 0 saturated carbocycles. The Bertz CT molecular complexity index is 771. The minimum atomic E-state index is -4.93. The van der Waals surface area contributed by atoms with Crippen LogP contribution in [0.2, 0.25) is 0 Å². The second kappa shape index (κ2) is 6.71. The normalized spacial score (nSPS) is 11.3. The van der Waals surface area contributed by atoms with Gasteiger partial charge in [0.25, 0.3) is 0 Å². The molecule has 0 fully saturated rings. The van der Waals surface area contributed by atoms with Crippen LogP contribution in [0.25, 0.3) is 0 Å². The first kappa shape index (κ1) is 18.1. The summed E-state index contributed by atoms with van der Waals surface area (Å²) in [6.07, 6.45) is -4.77. The highest BCUT2D eigenvalue weighted by atomic mass is 79.9. The molecule has 0 aliphatic heterocycles. The van der Waals surface area contributed by atoms with Crippen molar-refractivity contribution in [2.24, 2.45) is 0 Å². The number of benzene rings is 2. The Morgan fingerprint density at radius 2 is 1.58 bits per heavy atom. The van der Waals surface area contributed by atoms with Crippen LogP contribution < -0.4 is 10.1 Å². The number of nitrogens with one attached hydrogen (secondary N) is 1. The van der Waals surface area contributed by atoms with Crippen LogP contribution in [-0.2, 0) is 11.0 Å². The van der Waals surface area contributed by atoms with E-state index in [1.165, 1.54) is 0 Å². The number of anilines is 1. The zero-order valence-electron chi connectivity index (χ0n) is 11.3. The molecule has 0 saturated heterocycles. The van der Waals surface area contributed by atoms with Crippen LogP contribution in [0.3, 0.4) is 0 Å². The van der Waals surface area contributed by atoms with Crippen LogP contribution >= 0.6 is 15.9 Å². The Morgan fingerprint density at radius 3 is 2.08 bits per heavy atom. The number of ether oxygens (including phenoxy) is 1. The van der Waals surface area contributed by atoms with Crippen LogP contribution in [0.5, 0.6) is 11.5 Å². The second-order valence-corrected chi connectivity index (χ2v) is 5.25. The van der Waals surface area contributed by atoms with Gasteiger partial charge in [0.05, 0.1) is 15.7 Å². The minimum Gasteiger partial charge on any atom is -0.450 e. The van der Waals surface area contributed by atoms with Gasteiger partial charge in [-0.15, -0.1) is 0 Å². The summed E-state index contributed by atoms with van der Waals surface area (Å²) in [6, 6.07) is 1.90. The summed E-state index contributed by atoms with van der Waals surface area (Å²) in [5, 5.41) is 1.99. The Labute approximate surface area is 139 Å². The highest BCUT2D eigenvalue weighted by molar-refractivity contribution is 9.10. The smallest absolute Gasteiger partial charge is 0.416 e. The number of carbonyl (C=O) groups excluding carboxylic acids is 1. The number of carbonyl (C=O) groups is 1. The van der Waals surface area contributed by atoms with E-state index in [4.69, 9.17) is 4.74 Å². The third-order valence-corrected chi connectivity index (χ3v) is 3.39. The summed E-state index contributed by atoms with van der Waals surface area (Å²) in [4.78, 5) is 10.4. The van der Waals surface area contributed by atoms with Crippen LogP contribution in [0.15, 0.2) is 28.7 Å². The maximum Gasteiger partial charge on any atom is 0.416 e. The number of hydrogen-bond donors (Lipinski definition) is 1. The van der Waals surface area contributed by atoms with Gasteiger partial charge in [0.15, 0.2) is 17.4 Å². The van der Waals surface area contributed by atoms with Gasteiger partial charge in [-0.3, -0.25) is 4.79 Å². The largest absolute Gasteiger partial charge is 0.450 e. The second-order valence-electron chi connectivity index (χ2n) is 4.39. The molecule has 0 aliphatic carbocycles. The van der Waals surface area contributed by atoms with E-state index in [1.54, 1.807) is 0 Å². The molecular formula is C14H6BrF6NO2. The van der Waals surface area contributed by atoms with Crippen LogP contribution in [-0.4, -0.2) is 6.41 Å². The summed E-state index contributed by atoms with van der Waals surface area (Å²) in [6.45, 7) is 0. The lowest BCUT2D eigenvalue weighted by molar-refractivity contribution is -0.138. The standard InChI is InChI=1S/C14H6BrF6NO2/c15-7-3-8(16)11(22-5-23)4-12(7)24-13-9(17)1-6(2-10(13)18)14(19,20)21/h1-5H,(H,22,23). The Morgan fingerprint density at radius 1 is 1.00 bits per heavy atom. The fourth-order valence-corrected chi connectivity index (χ4v) is 2.11. The molecule has 2 aromatic rings. The van der Waals surface area contributed by atoms with Crippen molar-refractivity contribution in [3.63, 3.8) is 0 Å². The molecule has 128 valence electrons. The molecule has 10 heteroatoms. The van der Waals surface area contributed by atoms with E-state index < -0.39 is 34.9 Å². The average molecular weight is 414 g/mol. The fraction of sp³-hybridized carbons (Fsp3) is 0.0714. The first-order valence-electron chi connectivity index (χ1n) is 6.06. The highest BCUT2D eigenvalue weighted by Crippen LogP contribution is 2.38. The van der Waals surface area contributed by atoms with Gasteiger partial charge in [-0.1, -0.05) is 0 Å². The maximum absolute atomic E-state index is 13.8. The van der Waals surface area contributed by atoms with Crippen molar-refractivity contribution in [2.75, 3.05) is 5.32 Å². The summed E-state index contributed by atoms with van der Waals surface area (Å²) in [5.74, 6) is -5.48. The molecular weight excluding hydrogens is 408 g/mol. The molecule has 0 radical (unpaired) electrons. The number of alkyl halides is 3. The molecule has 1 N–H and O–H groups in total. The first-order valence-corrected chi connectivity index (χ1v) is 6.86. The summed E-state index contributed by atoms with van der Waals surface area (Å²) < 4.78 is 83.3. The van der Waals surface area contributed by atoms with Crippen molar-refractivity contribution in [1.82, 2.24) is 0 Å². The molecule has 0 heterocycles. The average Bonchev–Trinajstić information content (AvgIpc) is 2.46. The fourth-order valence-electron chi connectivity index (χ4n) is 1.71. The van der Waals surface area contributed by atoms with Crippen molar-refractivity contribution in [2.45, 2.75) is 6.18 Å². The highest BCUT2D eigenvalue weighted by Gasteiger charge is 2.33. The van der Waals surface area contributed by atoms with Gasteiger partial charge in [-0.25, -0.2) is 13.2 Å². The van der Waals surface area contributed by atoms with Crippen molar-refractivity contribution in [1.29, 1.82) is 0 Å². The van der Waals surface area contributed by atoms with Crippen LogP contribution in [0.4, 0.5) is 32.0 Å². The predicted octanol–water partition coefficient (Wildman–Crippen LogP) is 5.25. The number of halogens is 7. The van der Waals surface area contributed by atoms with Gasteiger partial charge in [0, 0.05) is 6.07 Å². The lowest BCUT2D eigenvalue weighted by atomic mass is 10.2. The van der Waals surface area contributed by atoms with Crippen molar-refractivity contribution >= 4 is 28.0 Å².